The van der Waals surface area contributed by atoms with Crippen molar-refractivity contribution in [3.8, 4) is 72.7 Å². The molecule has 0 amide bonds. The lowest BCUT2D eigenvalue weighted by Crippen LogP contribution is -2.15. The number of rotatable bonds is 4. The first-order valence-corrected chi connectivity index (χ1v) is 24.2. The zero-order chi connectivity index (χ0) is 45.8. The fourth-order valence-electron chi connectivity index (χ4n) is 13.0. The van der Waals surface area contributed by atoms with E-state index in [1.54, 1.807) is 0 Å². The Morgan fingerprint density at radius 2 is 0.765 bits per heavy atom. The number of para-hydroxylation sites is 3. The van der Waals surface area contributed by atoms with E-state index < -0.39 is 0 Å². The van der Waals surface area contributed by atoms with Crippen LogP contribution in [0, 0.1) is 0 Å². The lowest BCUT2D eigenvalue weighted by atomic mass is 9.77. The summed E-state index contributed by atoms with van der Waals surface area (Å²) in [5, 5.41) is 5.01. The highest BCUT2D eigenvalue weighted by Gasteiger charge is 2.39. The molecule has 0 spiro atoms. The lowest BCUT2D eigenvalue weighted by molar-refractivity contribution is 0.660. The molecular weight excluding hydrogens is 821 g/mol. The summed E-state index contributed by atoms with van der Waals surface area (Å²) in [7, 11) is 0. The van der Waals surface area contributed by atoms with E-state index in [9.17, 15) is 0 Å². The third kappa shape index (κ3) is 5.21. The van der Waals surface area contributed by atoms with Gasteiger partial charge in [-0.3, -0.25) is 4.57 Å². The van der Waals surface area contributed by atoms with Crippen molar-refractivity contribution in [3.63, 3.8) is 0 Å². The van der Waals surface area contributed by atoms with E-state index in [1.807, 2.05) is 0 Å². The van der Waals surface area contributed by atoms with Gasteiger partial charge in [-0.1, -0.05) is 181 Å². The Kier molecular flexibility index (Phi) is 7.90. The summed E-state index contributed by atoms with van der Waals surface area (Å²) >= 11 is 0. The van der Waals surface area contributed by atoms with E-state index in [-0.39, 0.29) is 16.2 Å². The number of aromatic nitrogens is 2. The van der Waals surface area contributed by atoms with Crippen molar-refractivity contribution in [2.45, 2.75) is 57.8 Å². The molecule has 10 aromatic carbocycles. The zero-order valence-electron chi connectivity index (χ0n) is 39.4. The van der Waals surface area contributed by atoms with Crippen LogP contribution in [-0.2, 0) is 16.2 Å². The Morgan fingerprint density at radius 3 is 1.37 bits per heavy atom. The van der Waals surface area contributed by atoms with E-state index in [0.717, 1.165) is 28.1 Å². The monoisotopic (exact) mass is 870 g/mol. The van der Waals surface area contributed by atoms with Gasteiger partial charge in [-0.25, -0.2) is 4.98 Å². The van der Waals surface area contributed by atoms with E-state index in [0.29, 0.717) is 0 Å². The quantitative estimate of drug-likeness (QED) is 0.161. The first-order valence-electron chi connectivity index (χ1n) is 24.2. The minimum Gasteiger partial charge on any atom is -0.292 e. The fourth-order valence-corrected chi connectivity index (χ4v) is 13.0. The molecule has 1 aromatic heterocycles. The van der Waals surface area contributed by atoms with Gasteiger partial charge >= 0.3 is 0 Å². The largest absolute Gasteiger partial charge is 0.292 e. The fraction of sp³-hybridized carbons (Fsp3) is 0.136. The highest BCUT2D eigenvalue weighted by atomic mass is 15.1. The van der Waals surface area contributed by atoms with Crippen molar-refractivity contribution in [3.05, 3.63) is 228 Å². The average Bonchev–Trinajstić information content (AvgIpc) is 4.01. The Labute approximate surface area is 398 Å². The normalized spacial score (nSPS) is 15.3. The van der Waals surface area contributed by atoms with Gasteiger partial charge in [-0.15, -0.1) is 0 Å². The minimum atomic E-state index is -0.181. The molecule has 0 unspecified atom stereocenters. The standard InChI is InChI=1S/C66H50N2/c1-64(2)53-23-13-10-20-43(53)46-31-28-39(35-56(46)64)61-48-33-30-41(63-67-59-26-16-17-27-60(59)68(63)42-18-8-7-9-19-42)34-50(48)62(40-29-32-47-44-21-11-14-24-54(44)65(3,4)57(47)36-40)52-38-58-49(37-51(52)61)45-22-12-15-25-55(45)66(58,5)6/h7-38H,1-6H3. The molecule has 324 valence electrons. The van der Waals surface area contributed by atoms with Crippen LogP contribution in [0.1, 0.15) is 74.9 Å². The number of hydrogen-bond acceptors (Lipinski definition) is 1. The molecule has 0 radical (unpaired) electrons. The van der Waals surface area contributed by atoms with Gasteiger partial charge in [-0.05, 0) is 165 Å². The van der Waals surface area contributed by atoms with Gasteiger partial charge in [0.25, 0.3) is 0 Å². The second kappa shape index (κ2) is 13.6. The summed E-state index contributed by atoms with van der Waals surface area (Å²) < 4.78 is 2.33. The van der Waals surface area contributed by atoms with Crippen LogP contribution in [0.25, 0.3) is 105 Å². The number of hydrogen-bond donors (Lipinski definition) is 0. The van der Waals surface area contributed by atoms with Crippen molar-refractivity contribution < 1.29 is 0 Å². The van der Waals surface area contributed by atoms with E-state index >= 15 is 0 Å². The van der Waals surface area contributed by atoms with Crippen LogP contribution >= 0.6 is 0 Å². The predicted octanol–water partition coefficient (Wildman–Crippen LogP) is 17.3. The number of benzene rings is 10. The van der Waals surface area contributed by atoms with Gasteiger partial charge in [0.2, 0.25) is 0 Å². The number of nitrogens with zero attached hydrogens (tertiary/aromatic N) is 2. The van der Waals surface area contributed by atoms with Crippen LogP contribution < -0.4 is 0 Å². The van der Waals surface area contributed by atoms with E-state index in [4.69, 9.17) is 4.98 Å². The Balaban J connectivity index is 1.13. The van der Waals surface area contributed by atoms with E-state index in [2.05, 4.69) is 240 Å². The van der Waals surface area contributed by atoms with Crippen LogP contribution in [-0.4, -0.2) is 9.55 Å². The molecule has 2 heteroatoms. The van der Waals surface area contributed by atoms with Crippen molar-refractivity contribution in [2.24, 2.45) is 0 Å². The zero-order valence-corrected chi connectivity index (χ0v) is 39.4. The van der Waals surface area contributed by atoms with Crippen molar-refractivity contribution in [2.75, 3.05) is 0 Å². The molecule has 0 fully saturated rings. The van der Waals surface area contributed by atoms with Crippen molar-refractivity contribution in [1.29, 1.82) is 0 Å². The molecule has 68 heavy (non-hydrogen) atoms. The minimum absolute atomic E-state index is 0.143. The van der Waals surface area contributed by atoms with Crippen molar-refractivity contribution >= 4 is 32.6 Å². The first-order chi connectivity index (χ1) is 33.0. The number of fused-ring (bicyclic) bond motifs is 12. The third-order valence-corrected chi connectivity index (χ3v) is 16.4. The smallest absolute Gasteiger partial charge is 0.145 e. The topological polar surface area (TPSA) is 17.8 Å². The summed E-state index contributed by atoms with van der Waals surface area (Å²) in [6.07, 6.45) is 0. The summed E-state index contributed by atoms with van der Waals surface area (Å²) in [5.74, 6) is 0.931. The molecule has 0 bridgehead atoms. The molecule has 0 atom stereocenters. The van der Waals surface area contributed by atoms with Gasteiger partial charge in [-0.2, -0.15) is 0 Å². The van der Waals surface area contributed by atoms with Crippen LogP contribution in [0.15, 0.2) is 194 Å². The summed E-state index contributed by atoms with van der Waals surface area (Å²) in [5.41, 5.74) is 25.1. The molecule has 0 N–H and O–H groups in total. The molecule has 3 aliphatic rings. The molecule has 0 saturated carbocycles. The third-order valence-electron chi connectivity index (χ3n) is 16.4. The second-order valence-electron chi connectivity index (χ2n) is 21.1. The molecule has 14 rings (SSSR count). The summed E-state index contributed by atoms with van der Waals surface area (Å²) in [6, 6.07) is 73.2. The van der Waals surface area contributed by atoms with Crippen LogP contribution in [0.2, 0.25) is 0 Å². The maximum absolute atomic E-state index is 5.43. The highest BCUT2D eigenvalue weighted by Crippen LogP contribution is 2.56. The molecule has 1 heterocycles. The van der Waals surface area contributed by atoms with Crippen LogP contribution in [0.5, 0.6) is 0 Å². The summed E-state index contributed by atoms with van der Waals surface area (Å²) in [6.45, 7) is 14.4. The Bertz CT molecular complexity index is 3990. The van der Waals surface area contributed by atoms with E-state index in [1.165, 1.54) is 111 Å². The average molecular weight is 871 g/mol. The van der Waals surface area contributed by atoms with Gasteiger partial charge in [0.05, 0.1) is 11.0 Å². The van der Waals surface area contributed by atoms with Gasteiger partial charge in [0, 0.05) is 27.5 Å². The molecule has 11 aromatic rings. The van der Waals surface area contributed by atoms with Gasteiger partial charge in [0.15, 0.2) is 0 Å². The predicted molar refractivity (Wildman–Crippen MR) is 285 cm³/mol. The molecule has 0 saturated heterocycles. The first kappa shape index (κ1) is 39.4. The van der Waals surface area contributed by atoms with Crippen LogP contribution in [0.3, 0.4) is 0 Å². The molecule has 2 nitrogen and oxygen atoms in total. The highest BCUT2D eigenvalue weighted by molar-refractivity contribution is 6.23. The van der Waals surface area contributed by atoms with Crippen molar-refractivity contribution in [1.82, 2.24) is 9.55 Å². The molecular formula is C66H50N2. The van der Waals surface area contributed by atoms with Gasteiger partial charge in [0.1, 0.15) is 5.82 Å². The van der Waals surface area contributed by atoms with Crippen LogP contribution in [0.4, 0.5) is 0 Å². The maximum atomic E-state index is 5.43. The van der Waals surface area contributed by atoms with Gasteiger partial charge < -0.3 is 0 Å². The Hall–Kier alpha value is -7.81. The molecule has 3 aliphatic carbocycles. The molecule has 0 aliphatic heterocycles. The maximum Gasteiger partial charge on any atom is 0.145 e. The second-order valence-corrected chi connectivity index (χ2v) is 21.1. The lowest BCUT2D eigenvalue weighted by Gasteiger charge is -2.26. The SMILES string of the molecule is CC1(C)c2ccccc2-c2ccc(-c3c4ccc(-c5nc6ccccc6n5-c5ccccc5)cc4c(-c4ccc5c(c4)C(C)(C)c4ccccc4-5)c4cc5c(cc34)-c3ccccc3C5(C)C)cc21. The summed E-state index contributed by atoms with van der Waals surface area (Å²) in [4.78, 5) is 5.43. The Morgan fingerprint density at radius 1 is 0.324 bits per heavy atom. The number of imidazole rings is 1.